The van der Waals surface area contributed by atoms with Crippen LogP contribution in [0.1, 0.15) is 33.3 Å². The molecular weight excluding hydrogens is 288 g/mol. The first-order valence-corrected chi connectivity index (χ1v) is 7.04. The van der Waals surface area contributed by atoms with Gasteiger partial charge in [0.25, 0.3) is 5.91 Å². The SMILES string of the molecule is CNCCNC(=O)C(C)Oc1ccc(C(C)(C)C)cc1.Cl. The molecule has 120 valence electrons. The molecule has 1 atom stereocenters. The molecule has 1 rings (SSSR count). The third-order valence-electron chi connectivity index (χ3n) is 3.08. The minimum Gasteiger partial charge on any atom is -0.481 e. The monoisotopic (exact) mass is 314 g/mol. The van der Waals surface area contributed by atoms with Crippen molar-refractivity contribution in [2.75, 3.05) is 20.1 Å². The van der Waals surface area contributed by atoms with Crippen molar-refractivity contribution in [3.63, 3.8) is 0 Å². The summed E-state index contributed by atoms with van der Waals surface area (Å²) in [6, 6.07) is 7.91. The number of benzene rings is 1. The van der Waals surface area contributed by atoms with Gasteiger partial charge in [0.05, 0.1) is 0 Å². The molecule has 1 unspecified atom stereocenters. The van der Waals surface area contributed by atoms with Gasteiger partial charge in [-0.25, -0.2) is 0 Å². The van der Waals surface area contributed by atoms with Crippen LogP contribution >= 0.6 is 12.4 Å². The number of rotatable bonds is 6. The normalized spacial score (nSPS) is 12.2. The molecule has 21 heavy (non-hydrogen) atoms. The van der Waals surface area contributed by atoms with Crippen molar-refractivity contribution in [3.8, 4) is 5.75 Å². The van der Waals surface area contributed by atoms with Gasteiger partial charge in [0.15, 0.2) is 6.10 Å². The topological polar surface area (TPSA) is 50.4 Å². The quantitative estimate of drug-likeness (QED) is 0.793. The maximum Gasteiger partial charge on any atom is 0.260 e. The van der Waals surface area contributed by atoms with Gasteiger partial charge in [0.2, 0.25) is 0 Å². The highest BCUT2D eigenvalue weighted by Crippen LogP contribution is 2.24. The number of amides is 1. The van der Waals surface area contributed by atoms with Crippen molar-refractivity contribution in [2.24, 2.45) is 0 Å². The fourth-order valence-electron chi connectivity index (χ4n) is 1.75. The first-order chi connectivity index (χ1) is 9.34. The fraction of sp³-hybridized carbons (Fsp3) is 0.562. The standard InChI is InChI=1S/C16H26N2O2.ClH/c1-12(15(19)18-11-10-17-5)20-14-8-6-13(7-9-14)16(2,3)4;/h6-9,12,17H,10-11H2,1-5H3,(H,18,19);1H. The number of ether oxygens (including phenoxy) is 1. The van der Waals surface area contributed by atoms with Crippen LogP contribution in [0, 0.1) is 0 Å². The highest BCUT2D eigenvalue weighted by molar-refractivity contribution is 5.85. The minimum atomic E-state index is -0.493. The van der Waals surface area contributed by atoms with Crippen molar-refractivity contribution in [3.05, 3.63) is 29.8 Å². The van der Waals surface area contributed by atoms with E-state index in [1.165, 1.54) is 5.56 Å². The van der Waals surface area contributed by atoms with Gasteiger partial charge in [0.1, 0.15) is 5.75 Å². The summed E-state index contributed by atoms with van der Waals surface area (Å²) in [7, 11) is 1.85. The van der Waals surface area contributed by atoms with Gasteiger partial charge in [-0.3, -0.25) is 4.79 Å². The van der Waals surface area contributed by atoms with Crippen LogP contribution in [0.3, 0.4) is 0 Å². The first-order valence-electron chi connectivity index (χ1n) is 7.04. The van der Waals surface area contributed by atoms with Crippen molar-refractivity contribution in [1.82, 2.24) is 10.6 Å². The van der Waals surface area contributed by atoms with E-state index in [0.29, 0.717) is 12.3 Å². The molecule has 5 heteroatoms. The largest absolute Gasteiger partial charge is 0.481 e. The molecule has 0 aliphatic carbocycles. The number of hydrogen-bond acceptors (Lipinski definition) is 3. The lowest BCUT2D eigenvalue weighted by atomic mass is 9.87. The molecule has 0 aliphatic heterocycles. The van der Waals surface area contributed by atoms with Crippen LogP contribution in [0.4, 0.5) is 0 Å². The van der Waals surface area contributed by atoms with E-state index in [9.17, 15) is 4.79 Å². The second kappa shape index (κ2) is 8.90. The molecule has 2 N–H and O–H groups in total. The van der Waals surface area contributed by atoms with E-state index in [1.807, 2.05) is 31.3 Å². The summed E-state index contributed by atoms with van der Waals surface area (Å²) >= 11 is 0. The van der Waals surface area contributed by atoms with Crippen LogP contribution in [0.5, 0.6) is 5.75 Å². The molecule has 0 aliphatic rings. The van der Waals surface area contributed by atoms with E-state index < -0.39 is 6.10 Å². The Morgan fingerprint density at radius 2 is 1.76 bits per heavy atom. The van der Waals surface area contributed by atoms with Crippen molar-refractivity contribution in [2.45, 2.75) is 39.2 Å². The second-order valence-electron chi connectivity index (χ2n) is 5.93. The van der Waals surface area contributed by atoms with Gasteiger partial charge in [-0.2, -0.15) is 0 Å². The maximum atomic E-state index is 11.8. The Balaban J connectivity index is 0.00000400. The fourth-order valence-corrected chi connectivity index (χ4v) is 1.75. The summed E-state index contributed by atoms with van der Waals surface area (Å²) in [5, 5.41) is 5.79. The number of halogens is 1. The zero-order valence-electron chi connectivity index (χ0n) is 13.5. The summed E-state index contributed by atoms with van der Waals surface area (Å²) in [4.78, 5) is 11.8. The first kappa shape index (κ1) is 19.7. The van der Waals surface area contributed by atoms with Gasteiger partial charge >= 0.3 is 0 Å². The number of carbonyl (C=O) groups is 1. The Hall–Kier alpha value is -1.26. The summed E-state index contributed by atoms with van der Waals surface area (Å²) in [6.45, 7) is 9.61. The molecule has 0 saturated carbocycles. The third-order valence-corrected chi connectivity index (χ3v) is 3.08. The van der Waals surface area contributed by atoms with Crippen molar-refractivity contribution < 1.29 is 9.53 Å². The zero-order chi connectivity index (χ0) is 15.2. The van der Waals surface area contributed by atoms with Gasteiger partial charge in [-0.15, -0.1) is 12.4 Å². The molecule has 4 nitrogen and oxygen atoms in total. The van der Waals surface area contributed by atoms with Crippen molar-refractivity contribution >= 4 is 18.3 Å². The average molecular weight is 315 g/mol. The molecule has 0 bridgehead atoms. The zero-order valence-corrected chi connectivity index (χ0v) is 14.3. The van der Waals surface area contributed by atoms with Crippen LogP contribution in [0.2, 0.25) is 0 Å². The Morgan fingerprint density at radius 1 is 1.19 bits per heavy atom. The predicted octanol–water partition coefficient (Wildman–Crippen LogP) is 2.51. The van der Waals surface area contributed by atoms with Gasteiger partial charge in [-0.05, 0) is 37.1 Å². The summed E-state index contributed by atoms with van der Waals surface area (Å²) in [5.41, 5.74) is 1.37. The number of nitrogens with one attached hydrogen (secondary N) is 2. The summed E-state index contributed by atoms with van der Waals surface area (Å²) < 4.78 is 5.64. The minimum absolute atomic E-state index is 0. The highest BCUT2D eigenvalue weighted by Gasteiger charge is 2.16. The average Bonchev–Trinajstić information content (AvgIpc) is 2.38. The van der Waals surface area contributed by atoms with E-state index in [-0.39, 0.29) is 23.7 Å². The smallest absolute Gasteiger partial charge is 0.260 e. The molecule has 0 saturated heterocycles. The second-order valence-corrected chi connectivity index (χ2v) is 5.93. The molecule has 0 spiro atoms. The van der Waals surface area contributed by atoms with Crippen LogP contribution < -0.4 is 15.4 Å². The Kier molecular flexibility index (Phi) is 8.37. The lowest BCUT2D eigenvalue weighted by Crippen LogP contribution is -2.39. The van der Waals surface area contributed by atoms with Crippen molar-refractivity contribution in [1.29, 1.82) is 0 Å². The molecular formula is C16H27ClN2O2. The molecule has 1 amide bonds. The third kappa shape index (κ3) is 6.82. The molecule has 0 aromatic heterocycles. The number of carbonyl (C=O) groups excluding carboxylic acids is 1. The lowest BCUT2D eigenvalue weighted by molar-refractivity contribution is -0.127. The van der Waals surface area contributed by atoms with E-state index >= 15 is 0 Å². The maximum absolute atomic E-state index is 11.8. The molecule has 0 fully saturated rings. The molecule has 0 radical (unpaired) electrons. The molecule has 1 aromatic carbocycles. The van der Waals surface area contributed by atoms with E-state index in [4.69, 9.17) is 4.74 Å². The van der Waals surface area contributed by atoms with Gasteiger partial charge in [-0.1, -0.05) is 32.9 Å². The Labute approximate surface area is 134 Å². The highest BCUT2D eigenvalue weighted by atomic mass is 35.5. The predicted molar refractivity (Wildman–Crippen MR) is 89.4 cm³/mol. The molecule has 0 heterocycles. The Morgan fingerprint density at radius 3 is 2.24 bits per heavy atom. The van der Waals surface area contributed by atoms with E-state index in [0.717, 1.165) is 6.54 Å². The summed E-state index contributed by atoms with van der Waals surface area (Å²) in [6.07, 6.45) is -0.493. The molecule has 1 aromatic rings. The van der Waals surface area contributed by atoms with E-state index in [2.05, 4.69) is 31.4 Å². The van der Waals surface area contributed by atoms with Crippen LogP contribution in [0.15, 0.2) is 24.3 Å². The number of hydrogen-bond donors (Lipinski definition) is 2. The lowest BCUT2D eigenvalue weighted by Gasteiger charge is -2.20. The van der Waals surface area contributed by atoms with Crippen LogP contribution in [0.25, 0.3) is 0 Å². The van der Waals surface area contributed by atoms with Gasteiger partial charge < -0.3 is 15.4 Å². The Bertz CT molecular complexity index is 427. The summed E-state index contributed by atoms with van der Waals surface area (Å²) in [5.74, 6) is 0.620. The number of likely N-dealkylation sites (N-methyl/N-ethyl adjacent to an activating group) is 1. The van der Waals surface area contributed by atoms with Gasteiger partial charge in [0, 0.05) is 13.1 Å². The van der Waals surface area contributed by atoms with E-state index in [1.54, 1.807) is 6.92 Å². The van der Waals surface area contributed by atoms with Crippen LogP contribution in [-0.2, 0) is 10.2 Å². The van der Waals surface area contributed by atoms with Crippen LogP contribution in [-0.4, -0.2) is 32.1 Å².